The SMILES string of the molecule is CC12CCCN1OCC21CC1. The molecule has 0 aromatic heterocycles. The van der Waals surface area contributed by atoms with E-state index in [-0.39, 0.29) is 0 Å². The summed E-state index contributed by atoms with van der Waals surface area (Å²) >= 11 is 0. The summed E-state index contributed by atoms with van der Waals surface area (Å²) in [5.41, 5.74) is 1.01. The first-order valence-electron chi connectivity index (χ1n) is 4.68. The van der Waals surface area contributed by atoms with Crippen molar-refractivity contribution in [3.8, 4) is 0 Å². The van der Waals surface area contributed by atoms with Gasteiger partial charge in [0.15, 0.2) is 0 Å². The van der Waals surface area contributed by atoms with Gasteiger partial charge in [-0.1, -0.05) is 0 Å². The van der Waals surface area contributed by atoms with Gasteiger partial charge in [-0.25, -0.2) is 0 Å². The van der Waals surface area contributed by atoms with Crippen molar-refractivity contribution in [2.45, 2.75) is 38.1 Å². The van der Waals surface area contributed by atoms with Crippen LogP contribution in [-0.4, -0.2) is 23.8 Å². The minimum Gasteiger partial charge on any atom is -0.298 e. The van der Waals surface area contributed by atoms with Crippen LogP contribution in [0.3, 0.4) is 0 Å². The maximum Gasteiger partial charge on any atom is 0.0760 e. The van der Waals surface area contributed by atoms with Crippen LogP contribution in [0.25, 0.3) is 0 Å². The smallest absolute Gasteiger partial charge is 0.0760 e. The predicted octanol–water partition coefficient (Wildman–Crippen LogP) is 1.57. The van der Waals surface area contributed by atoms with Crippen LogP contribution in [0, 0.1) is 5.41 Å². The number of nitrogens with zero attached hydrogens (tertiary/aromatic N) is 1. The van der Waals surface area contributed by atoms with Gasteiger partial charge in [0.05, 0.1) is 12.1 Å². The van der Waals surface area contributed by atoms with Crippen molar-refractivity contribution in [3.63, 3.8) is 0 Å². The van der Waals surface area contributed by atoms with Crippen LogP contribution in [0.4, 0.5) is 0 Å². The highest BCUT2D eigenvalue weighted by molar-refractivity contribution is 5.14. The third-order valence-electron chi connectivity index (χ3n) is 4.07. The van der Waals surface area contributed by atoms with E-state index in [4.69, 9.17) is 4.84 Å². The van der Waals surface area contributed by atoms with Crippen molar-refractivity contribution in [1.82, 2.24) is 5.06 Å². The maximum atomic E-state index is 5.69. The molecule has 0 bridgehead atoms. The molecule has 1 atom stereocenters. The molecule has 1 saturated carbocycles. The van der Waals surface area contributed by atoms with Crippen molar-refractivity contribution in [3.05, 3.63) is 0 Å². The van der Waals surface area contributed by atoms with Crippen LogP contribution in [0.5, 0.6) is 0 Å². The minimum atomic E-state index is 0.424. The molecule has 3 fully saturated rings. The molecule has 1 aliphatic carbocycles. The van der Waals surface area contributed by atoms with E-state index in [2.05, 4.69) is 12.0 Å². The second-order valence-electron chi connectivity index (χ2n) is 4.53. The number of hydrogen-bond acceptors (Lipinski definition) is 2. The molecular weight excluding hydrogens is 138 g/mol. The highest BCUT2D eigenvalue weighted by atomic mass is 16.7. The van der Waals surface area contributed by atoms with E-state index in [0.717, 1.165) is 13.2 Å². The molecule has 3 rings (SSSR count). The maximum absolute atomic E-state index is 5.69. The standard InChI is InChI=1S/C9H15NO/c1-8-3-2-6-10(8)11-7-9(8)4-5-9/h2-7H2,1H3. The lowest BCUT2D eigenvalue weighted by atomic mass is 9.82. The van der Waals surface area contributed by atoms with Crippen LogP contribution < -0.4 is 0 Å². The molecule has 1 spiro atoms. The Labute approximate surface area is 67.5 Å². The van der Waals surface area contributed by atoms with Gasteiger partial charge in [0.1, 0.15) is 0 Å². The zero-order valence-corrected chi connectivity index (χ0v) is 7.10. The Bertz CT molecular complexity index is 200. The summed E-state index contributed by atoms with van der Waals surface area (Å²) < 4.78 is 0. The van der Waals surface area contributed by atoms with E-state index < -0.39 is 0 Å². The largest absolute Gasteiger partial charge is 0.298 e. The topological polar surface area (TPSA) is 12.5 Å². The van der Waals surface area contributed by atoms with Gasteiger partial charge in [-0.3, -0.25) is 4.84 Å². The lowest BCUT2D eigenvalue weighted by molar-refractivity contribution is -0.138. The molecule has 2 nitrogen and oxygen atoms in total. The number of hydrogen-bond donors (Lipinski definition) is 0. The zero-order chi connectivity index (χ0) is 7.53. The summed E-state index contributed by atoms with van der Waals surface area (Å²) in [6, 6.07) is 0. The van der Waals surface area contributed by atoms with Gasteiger partial charge in [-0.2, -0.15) is 5.06 Å². The van der Waals surface area contributed by atoms with Crippen molar-refractivity contribution in [2.24, 2.45) is 5.41 Å². The predicted molar refractivity (Wildman–Crippen MR) is 42.0 cm³/mol. The fourth-order valence-electron chi connectivity index (χ4n) is 2.87. The molecule has 3 aliphatic rings. The van der Waals surface area contributed by atoms with Gasteiger partial charge >= 0.3 is 0 Å². The van der Waals surface area contributed by atoms with Crippen LogP contribution in [0.1, 0.15) is 32.6 Å². The molecule has 11 heavy (non-hydrogen) atoms. The number of hydroxylamine groups is 2. The lowest BCUT2D eigenvalue weighted by Gasteiger charge is -2.30. The molecule has 0 amide bonds. The van der Waals surface area contributed by atoms with Gasteiger partial charge in [-0.15, -0.1) is 0 Å². The molecule has 0 aromatic rings. The normalized spacial score (nSPS) is 46.6. The fourth-order valence-corrected chi connectivity index (χ4v) is 2.87. The first kappa shape index (κ1) is 6.44. The van der Waals surface area contributed by atoms with Crippen molar-refractivity contribution >= 4 is 0 Å². The molecule has 2 heterocycles. The summed E-state index contributed by atoms with van der Waals surface area (Å²) in [6.07, 6.45) is 5.49. The summed E-state index contributed by atoms with van der Waals surface area (Å²) in [4.78, 5) is 5.69. The zero-order valence-electron chi connectivity index (χ0n) is 7.10. The summed E-state index contributed by atoms with van der Waals surface area (Å²) in [5.74, 6) is 0. The summed E-state index contributed by atoms with van der Waals surface area (Å²) in [5, 5.41) is 2.25. The monoisotopic (exact) mass is 153 g/mol. The Morgan fingerprint density at radius 2 is 2.09 bits per heavy atom. The molecule has 0 radical (unpaired) electrons. The third-order valence-corrected chi connectivity index (χ3v) is 4.07. The Kier molecular flexibility index (Phi) is 0.961. The summed E-state index contributed by atoms with van der Waals surface area (Å²) in [7, 11) is 0. The second kappa shape index (κ2) is 1.64. The molecule has 2 aliphatic heterocycles. The van der Waals surface area contributed by atoms with E-state index in [1.807, 2.05) is 0 Å². The Balaban J connectivity index is 2.00. The van der Waals surface area contributed by atoms with Crippen molar-refractivity contribution in [1.29, 1.82) is 0 Å². The molecule has 62 valence electrons. The van der Waals surface area contributed by atoms with E-state index >= 15 is 0 Å². The van der Waals surface area contributed by atoms with Crippen LogP contribution >= 0.6 is 0 Å². The Hall–Kier alpha value is -0.0800. The molecule has 2 heteroatoms. The van der Waals surface area contributed by atoms with E-state index in [9.17, 15) is 0 Å². The number of rotatable bonds is 0. The average Bonchev–Trinajstić information content (AvgIpc) is 2.62. The van der Waals surface area contributed by atoms with E-state index in [0.29, 0.717) is 11.0 Å². The fraction of sp³-hybridized carbons (Fsp3) is 1.00. The van der Waals surface area contributed by atoms with Crippen LogP contribution in [-0.2, 0) is 4.84 Å². The van der Waals surface area contributed by atoms with Crippen molar-refractivity contribution in [2.75, 3.05) is 13.2 Å². The first-order valence-corrected chi connectivity index (χ1v) is 4.68. The van der Waals surface area contributed by atoms with Gasteiger partial charge in [0.2, 0.25) is 0 Å². The first-order chi connectivity index (χ1) is 5.27. The highest BCUT2D eigenvalue weighted by Crippen LogP contribution is 2.63. The van der Waals surface area contributed by atoms with Gasteiger partial charge in [0.25, 0.3) is 0 Å². The van der Waals surface area contributed by atoms with Gasteiger partial charge in [-0.05, 0) is 32.6 Å². The molecule has 0 aromatic carbocycles. The van der Waals surface area contributed by atoms with E-state index in [1.165, 1.54) is 25.7 Å². The highest BCUT2D eigenvalue weighted by Gasteiger charge is 2.65. The van der Waals surface area contributed by atoms with Crippen molar-refractivity contribution < 1.29 is 4.84 Å². The van der Waals surface area contributed by atoms with Crippen LogP contribution in [0.15, 0.2) is 0 Å². The molecule has 2 saturated heterocycles. The van der Waals surface area contributed by atoms with E-state index in [1.54, 1.807) is 0 Å². The quantitative estimate of drug-likeness (QED) is 0.523. The third kappa shape index (κ3) is 0.574. The molecule has 1 unspecified atom stereocenters. The summed E-state index contributed by atoms with van der Waals surface area (Å²) in [6.45, 7) is 4.56. The lowest BCUT2D eigenvalue weighted by Crippen LogP contribution is -2.40. The van der Waals surface area contributed by atoms with Crippen LogP contribution in [0.2, 0.25) is 0 Å². The Morgan fingerprint density at radius 1 is 1.27 bits per heavy atom. The van der Waals surface area contributed by atoms with Gasteiger partial charge in [0, 0.05) is 12.0 Å². The van der Waals surface area contributed by atoms with Gasteiger partial charge < -0.3 is 0 Å². The number of fused-ring (bicyclic) bond motifs is 2. The molecule has 0 N–H and O–H groups in total. The minimum absolute atomic E-state index is 0.424. The Morgan fingerprint density at radius 3 is 2.82 bits per heavy atom. The average molecular weight is 153 g/mol. The second-order valence-corrected chi connectivity index (χ2v) is 4.53. The molecular formula is C9H15NO.